The second kappa shape index (κ2) is 5.22. The number of urea groups is 1. The Kier molecular flexibility index (Phi) is 3.96. The van der Waals surface area contributed by atoms with Gasteiger partial charge in [0, 0.05) is 5.02 Å². The Labute approximate surface area is 96.7 Å². The fourth-order valence-corrected chi connectivity index (χ4v) is 1.22. The minimum absolute atomic E-state index is 0.198. The van der Waals surface area contributed by atoms with E-state index in [9.17, 15) is 9.59 Å². The summed E-state index contributed by atoms with van der Waals surface area (Å²) in [6.07, 6.45) is 0. The van der Waals surface area contributed by atoms with Crippen molar-refractivity contribution in [2.24, 2.45) is 5.73 Å². The third-order valence-corrected chi connectivity index (χ3v) is 1.94. The first-order valence-corrected chi connectivity index (χ1v) is 4.61. The fraction of sp³-hybridized carbons (Fsp3) is 0.111. The van der Waals surface area contributed by atoms with Gasteiger partial charge in [-0.2, -0.15) is 0 Å². The molecule has 1 aromatic carbocycles. The van der Waals surface area contributed by atoms with Crippen LogP contribution in [0.2, 0.25) is 5.02 Å². The van der Waals surface area contributed by atoms with E-state index in [1.165, 1.54) is 13.2 Å². The van der Waals surface area contributed by atoms with Crippen LogP contribution in [0.5, 0.6) is 5.75 Å². The molecule has 7 heteroatoms. The average molecular weight is 244 g/mol. The van der Waals surface area contributed by atoms with Gasteiger partial charge in [0.25, 0.3) is 5.91 Å². The van der Waals surface area contributed by atoms with Crippen LogP contribution in [0.3, 0.4) is 0 Å². The molecule has 6 nitrogen and oxygen atoms in total. The van der Waals surface area contributed by atoms with Crippen molar-refractivity contribution >= 4 is 23.5 Å². The first-order valence-electron chi connectivity index (χ1n) is 4.24. The molecule has 0 saturated heterocycles. The molecule has 0 saturated carbocycles. The van der Waals surface area contributed by atoms with Gasteiger partial charge in [0.1, 0.15) is 5.75 Å². The van der Waals surface area contributed by atoms with Crippen LogP contribution in [0.25, 0.3) is 0 Å². The number of ether oxygens (including phenoxy) is 1. The van der Waals surface area contributed by atoms with Gasteiger partial charge >= 0.3 is 6.03 Å². The van der Waals surface area contributed by atoms with E-state index < -0.39 is 11.9 Å². The zero-order chi connectivity index (χ0) is 12.1. The fourth-order valence-electron chi connectivity index (χ4n) is 1.04. The van der Waals surface area contributed by atoms with E-state index in [4.69, 9.17) is 22.1 Å². The molecule has 86 valence electrons. The number of hydrogen-bond donors (Lipinski definition) is 3. The maximum absolute atomic E-state index is 11.6. The van der Waals surface area contributed by atoms with Crippen LogP contribution in [0.4, 0.5) is 4.79 Å². The van der Waals surface area contributed by atoms with Crippen LogP contribution in [0.1, 0.15) is 10.4 Å². The Hall–Kier alpha value is -1.95. The van der Waals surface area contributed by atoms with Gasteiger partial charge in [-0.3, -0.25) is 10.2 Å². The van der Waals surface area contributed by atoms with Crippen LogP contribution in [-0.4, -0.2) is 19.0 Å². The summed E-state index contributed by atoms with van der Waals surface area (Å²) in [6, 6.07) is 3.67. The average Bonchev–Trinajstić information content (AvgIpc) is 2.25. The molecule has 1 rings (SSSR count). The second-order valence-corrected chi connectivity index (χ2v) is 3.22. The lowest BCUT2D eigenvalue weighted by Crippen LogP contribution is -2.44. The molecule has 0 fully saturated rings. The number of methoxy groups -OCH3 is 1. The van der Waals surface area contributed by atoms with E-state index in [0.29, 0.717) is 10.8 Å². The number of carbonyl (C=O) groups excluding carboxylic acids is 2. The Bertz CT molecular complexity index is 422. The Morgan fingerprint density at radius 3 is 2.62 bits per heavy atom. The standard InChI is InChI=1S/C9H10ClN3O3/c1-16-7-3-2-5(10)4-6(7)8(14)12-13-9(11)15/h2-4H,1H3,(H,12,14)(H3,11,13,15). The van der Waals surface area contributed by atoms with Gasteiger partial charge in [-0.05, 0) is 18.2 Å². The first kappa shape index (κ1) is 12.1. The second-order valence-electron chi connectivity index (χ2n) is 2.79. The molecule has 0 aromatic heterocycles. The molecule has 1 aromatic rings. The lowest BCUT2D eigenvalue weighted by Gasteiger charge is -2.09. The van der Waals surface area contributed by atoms with Crippen molar-refractivity contribution in [3.63, 3.8) is 0 Å². The monoisotopic (exact) mass is 243 g/mol. The zero-order valence-corrected chi connectivity index (χ0v) is 9.17. The lowest BCUT2D eigenvalue weighted by atomic mass is 10.2. The summed E-state index contributed by atoms with van der Waals surface area (Å²) in [7, 11) is 1.42. The topological polar surface area (TPSA) is 93.4 Å². The molecule has 3 amide bonds. The number of benzene rings is 1. The highest BCUT2D eigenvalue weighted by Gasteiger charge is 2.12. The molecule has 0 atom stereocenters. The van der Waals surface area contributed by atoms with Gasteiger partial charge < -0.3 is 10.5 Å². The molecule has 0 bridgehead atoms. The Balaban J connectivity index is 2.88. The molecule has 0 spiro atoms. The summed E-state index contributed by atoms with van der Waals surface area (Å²) < 4.78 is 4.96. The number of nitrogens with one attached hydrogen (secondary N) is 2. The SMILES string of the molecule is COc1ccc(Cl)cc1C(=O)NNC(N)=O. The van der Waals surface area contributed by atoms with Crippen LogP contribution in [-0.2, 0) is 0 Å². The molecule has 0 radical (unpaired) electrons. The van der Waals surface area contributed by atoms with E-state index >= 15 is 0 Å². The van der Waals surface area contributed by atoms with E-state index in [0.717, 1.165) is 0 Å². The van der Waals surface area contributed by atoms with E-state index in [-0.39, 0.29) is 5.56 Å². The van der Waals surface area contributed by atoms with Gasteiger partial charge in [-0.25, -0.2) is 10.2 Å². The highest BCUT2D eigenvalue weighted by molar-refractivity contribution is 6.31. The normalized spacial score (nSPS) is 9.38. The van der Waals surface area contributed by atoms with Crippen molar-refractivity contribution in [3.8, 4) is 5.75 Å². The third-order valence-electron chi connectivity index (χ3n) is 1.71. The smallest absolute Gasteiger partial charge is 0.330 e. The van der Waals surface area contributed by atoms with Crippen molar-refractivity contribution in [3.05, 3.63) is 28.8 Å². The Morgan fingerprint density at radius 2 is 2.06 bits per heavy atom. The minimum Gasteiger partial charge on any atom is -0.496 e. The highest BCUT2D eigenvalue weighted by Crippen LogP contribution is 2.22. The molecule has 16 heavy (non-hydrogen) atoms. The Morgan fingerprint density at radius 1 is 1.38 bits per heavy atom. The molecular formula is C9H10ClN3O3. The molecular weight excluding hydrogens is 234 g/mol. The molecule has 0 heterocycles. The van der Waals surface area contributed by atoms with E-state index in [1.54, 1.807) is 12.1 Å². The maximum atomic E-state index is 11.6. The molecule has 4 N–H and O–H groups in total. The highest BCUT2D eigenvalue weighted by atomic mass is 35.5. The molecule has 0 aliphatic heterocycles. The number of rotatable bonds is 2. The summed E-state index contributed by atoms with van der Waals surface area (Å²) in [5, 5.41) is 0.380. The number of carbonyl (C=O) groups is 2. The van der Waals surface area contributed by atoms with Gasteiger partial charge in [-0.1, -0.05) is 11.6 Å². The third kappa shape index (κ3) is 3.03. The number of halogens is 1. The predicted molar refractivity (Wildman–Crippen MR) is 58.2 cm³/mol. The molecule has 0 aliphatic carbocycles. The van der Waals surface area contributed by atoms with Crippen LogP contribution >= 0.6 is 11.6 Å². The number of hydrazine groups is 1. The largest absolute Gasteiger partial charge is 0.496 e. The quantitative estimate of drug-likeness (QED) is 0.666. The first-order chi connectivity index (χ1) is 7.54. The minimum atomic E-state index is -0.866. The van der Waals surface area contributed by atoms with Gasteiger partial charge in [0.2, 0.25) is 0 Å². The summed E-state index contributed by atoms with van der Waals surface area (Å²) >= 11 is 5.73. The number of amides is 3. The summed E-state index contributed by atoms with van der Waals surface area (Å²) in [6.45, 7) is 0. The number of nitrogens with two attached hydrogens (primary N) is 1. The van der Waals surface area contributed by atoms with Crippen molar-refractivity contribution in [1.29, 1.82) is 0 Å². The zero-order valence-electron chi connectivity index (χ0n) is 8.41. The van der Waals surface area contributed by atoms with E-state index in [1.807, 2.05) is 5.43 Å². The molecule has 0 aliphatic rings. The number of primary amides is 1. The van der Waals surface area contributed by atoms with Crippen molar-refractivity contribution in [2.45, 2.75) is 0 Å². The maximum Gasteiger partial charge on any atom is 0.330 e. The van der Waals surface area contributed by atoms with Crippen molar-refractivity contribution in [1.82, 2.24) is 10.9 Å². The summed E-state index contributed by atoms with van der Waals surface area (Å²) in [5.41, 5.74) is 9.05. The van der Waals surface area contributed by atoms with Gasteiger partial charge in [-0.15, -0.1) is 0 Å². The van der Waals surface area contributed by atoms with Crippen molar-refractivity contribution < 1.29 is 14.3 Å². The summed E-state index contributed by atoms with van der Waals surface area (Å²) in [5.74, 6) is -0.230. The van der Waals surface area contributed by atoms with Gasteiger partial charge in [0.15, 0.2) is 0 Å². The lowest BCUT2D eigenvalue weighted by molar-refractivity contribution is 0.0934. The van der Waals surface area contributed by atoms with Crippen LogP contribution in [0.15, 0.2) is 18.2 Å². The van der Waals surface area contributed by atoms with Crippen LogP contribution < -0.4 is 21.3 Å². The van der Waals surface area contributed by atoms with Crippen molar-refractivity contribution in [2.75, 3.05) is 7.11 Å². The predicted octanol–water partition coefficient (Wildman–Crippen LogP) is 0.662. The van der Waals surface area contributed by atoms with E-state index in [2.05, 4.69) is 5.43 Å². The summed E-state index contributed by atoms with van der Waals surface area (Å²) in [4.78, 5) is 22.0. The number of hydrogen-bond acceptors (Lipinski definition) is 3. The van der Waals surface area contributed by atoms with Crippen LogP contribution in [0, 0.1) is 0 Å². The molecule has 0 unspecified atom stereocenters. The van der Waals surface area contributed by atoms with Gasteiger partial charge in [0.05, 0.1) is 12.7 Å².